The maximum atomic E-state index is 13.0. The molecule has 0 saturated heterocycles. The fourth-order valence-electron chi connectivity index (χ4n) is 2.55. The number of nitrogens with zero attached hydrogens (tertiary/aromatic N) is 2. The van der Waals surface area contributed by atoms with Crippen LogP contribution in [0.25, 0.3) is 16.8 Å². The second-order valence-electron chi connectivity index (χ2n) is 5.66. The summed E-state index contributed by atoms with van der Waals surface area (Å²) < 4.78 is 7.13. The van der Waals surface area contributed by atoms with Gasteiger partial charge in [-0.25, -0.2) is 0 Å². The van der Waals surface area contributed by atoms with Crippen LogP contribution in [-0.4, -0.2) is 22.6 Å². The average Bonchev–Trinajstić information content (AvgIpc) is 2.67. The highest BCUT2D eigenvalue weighted by atomic mass is 35.5. The van der Waals surface area contributed by atoms with Crippen molar-refractivity contribution in [3.8, 4) is 22.6 Å². The minimum absolute atomic E-state index is 0.299. The Morgan fingerprint density at radius 1 is 1.19 bits per heavy atom. The normalized spacial score (nSPS) is 10.7. The van der Waals surface area contributed by atoms with Crippen molar-refractivity contribution in [2.75, 3.05) is 12.9 Å². The van der Waals surface area contributed by atoms with Crippen molar-refractivity contribution in [3.63, 3.8) is 0 Å². The lowest BCUT2D eigenvalue weighted by Gasteiger charge is -2.13. The highest BCUT2D eigenvalue weighted by molar-refractivity contribution is 7.98. The average molecular weight is 387 g/mol. The van der Waals surface area contributed by atoms with Crippen molar-refractivity contribution < 1.29 is 4.74 Å². The molecule has 0 aliphatic heterocycles. The zero-order chi connectivity index (χ0) is 18.5. The van der Waals surface area contributed by atoms with Gasteiger partial charge in [-0.2, -0.15) is 9.78 Å². The molecule has 0 unspecified atom stereocenters. The molecule has 26 heavy (non-hydrogen) atoms. The van der Waals surface area contributed by atoms with Gasteiger partial charge in [-0.15, -0.1) is 11.8 Å². The first kappa shape index (κ1) is 18.5. The van der Waals surface area contributed by atoms with E-state index >= 15 is 0 Å². The molecule has 3 rings (SSSR count). The van der Waals surface area contributed by atoms with E-state index in [-0.39, 0.29) is 5.56 Å². The Balaban J connectivity index is 2.13. The molecule has 0 bridgehead atoms. The first-order valence-corrected chi connectivity index (χ1v) is 9.89. The number of hydrogen-bond acceptors (Lipinski definition) is 4. The SMILES string of the molecule is CCCOc1c(-c2ccc(SC)cc2)cnn(-c2cccc(Cl)c2)c1=O. The minimum atomic E-state index is -0.299. The molecule has 0 amide bonds. The fraction of sp³-hybridized carbons (Fsp3) is 0.200. The first-order valence-electron chi connectivity index (χ1n) is 8.29. The van der Waals surface area contributed by atoms with E-state index in [1.165, 1.54) is 4.68 Å². The van der Waals surface area contributed by atoms with Crippen molar-refractivity contribution >= 4 is 23.4 Å². The summed E-state index contributed by atoms with van der Waals surface area (Å²) in [7, 11) is 0. The lowest BCUT2D eigenvalue weighted by molar-refractivity contribution is 0.312. The summed E-state index contributed by atoms with van der Waals surface area (Å²) in [4.78, 5) is 14.2. The monoisotopic (exact) mass is 386 g/mol. The molecule has 1 aromatic heterocycles. The molecular weight excluding hydrogens is 368 g/mol. The Morgan fingerprint density at radius 3 is 2.62 bits per heavy atom. The molecule has 0 aliphatic rings. The van der Waals surface area contributed by atoms with E-state index in [9.17, 15) is 4.79 Å². The quantitative estimate of drug-likeness (QED) is 0.555. The third-order valence-corrected chi connectivity index (χ3v) is 4.82. The molecule has 0 spiro atoms. The van der Waals surface area contributed by atoms with Gasteiger partial charge in [0.15, 0.2) is 5.75 Å². The van der Waals surface area contributed by atoms with E-state index in [2.05, 4.69) is 5.10 Å². The van der Waals surface area contributed by atoms with Crippen molar-refractivity contribution in [1.82, 2.24) is 9.78 Å². The summed E-state index contributed by atoms with van der Waals surface area (Å²) in [5.41, 5.74) is 1.89. The number of benzene rings is 2. The molecule has 0 radical (unpaired) electrons. The molecule has 0 atom stereocenters. The number of ether oxygens (including phenoxy) is 1. The lowest BCUT2D eigenvalue weighted by atomic mass is 10.1. The zero-order valence-corrected chi connectivity index (χ0v) is 16.2. The topological polar surface area (TPSA) is 44.1 Å². The largest absolute Gasteiger partial charge is 0.487 e. The standard InChI is InChI=1S/C20H19ClN2O2S/c1-3-11-25-19-18(14-7-9-17(26-2)10-8-14)13-22-23(20(19)24)16-6-4-5-15(21)12-16/h4-10,12-13H,3,11H2,1-2H3. The van der Waals surface area contributed by atoms with Gasteiger partial charge >= 0.3 is 5.56 Å². The van der Waals surface area contributed by atoms with Crippen LogP contribution in [0.2, 0.25) is 5.02 Å². The van der Waals surface area contributed by atoms with Crippen LogP contribution in [0.3, 0.4) is 0 Å². The van der Waals surface area contributed by atoms with Crippen LogP contribution in [0.15, 0.2) is 64.4 Å². The predicted octanol–water partition coefficient (Wildman–Crippen LogP) is 5.06. The van der Waals surface area contributed by atoms with E-state index in [1.807, 2.05) is 37.4 Å². The minimum Gasteiger partial charge on any atom is -0.487 e. The van der Waals surface area contributed by atoms with Gasteiger partial charge in [-0.1, -0.05) is 36.7 Å². The van der Waals surface area contributed by atoms with Crippen LogP contribution < -0.4 is 10.3 Å². The van der Waals surface area contributed by atoms with Crippen LogP contribution in [0.5, 0.6) is 5.75 Å². The van der Waals surface area contributed by atoms with Gasteiger partial charge in [-0.3, -0.25) is 4.79 Å². The second-order valence-corrected chi connectivity index (χ2v) is 6.98. The first-order chi connectivity index (χ1) is 12.6. The summed E-state index contributed by atoms with van der Waals surface area (Å²) in [6.45, 7) is 2.47. The smallest absolute Gasteiger partial charge is 0.314 e. The van der Waals surface area contributed by atoms with E-state index in [4.69, 9.17) is 16.3 Å². The highest BCUT2D eigenvalue weighted by Gasteiger charge is 2.16. The Labute approximate surface area is 161 Å². The molecule has 0 N–H and O–H groups in total. The Hall–Kier alpha value is -2.24. The summed E-state index contributed by atoms with van der Waals surface area (Å²) in [5.74, 6) is 0.304. The second kappa shape index (κ2) is 8.43. The number of halogens is 1. The predicted molar refractivity (Wildman–Crippen MR) is 108 cm³/mol. The van der Waals surface area contributed by atoms with Gasteiger partial charge in [0.05, 0.1) is 18.5 Å². The number of rotatable bonds is 6. The Bertz CT molecular complexity index is 955. The molecule has 2 aromatic carbocycles. The third-order valence-electron chi connectivity index (χ3n) is 3.84. The van der Waals surface area contributed by atoms with Crippen molar-refractivity contribution in [1.29, 1.82) is 0 Å². The molecule has 3 aromatic rings. The van der Waals surface area contributed by atoms with Crippen molar-refractivity contribution in [3.05, 3.63) is 70.1 Å². The molecule has 134 valence electrons. The van der Waals surface area contributed by atoms with Crippen LogP contribution in [0, 0.1) is 0 Å². The van der Waals surface area contributed by atoms with Crippen LogP contribution in [-0.2, 0) is 0 Å². The highest BCUT2D eigenvalue weighted by Crippen LogP contribution is 2.28. The summed E-state index contributed by atoms with van der Waals surface area (Å²) >= 11 is 7.72. The molecule has 1 heterocycles. The Kier molecular flexibility index (Phi) is 6.01. The van der Waals surface area contributed by atoms with Gasteiger partial charge in [0.25, 0.3) is 0 Å². The fourth-order valence-corrected chi connectivity index (χ4v) is 3.14. The van der Waals surface area contributed by atoms with E-state index in [0.717, 1.165) is 16.9 Å². The summed E-state index contributed by atoms with van der Waals surface area (Å²) in [5, 5.41) is 4.88. The van der Waals surface area contributed by atoms with Gasteiger partial charge < -0.3 is 4.74 Å². The van der Waals surface area contributed by atoms with Crippen LogP contribution >= 0.6 is 23.4 Å². The number of hydrogen-bond donors (Lipinski definition) is 0. The Morgan fingerprint density at radius 2 is 1.96 bits per heavy atom. The number of thioether (sulfide) groups is 1. The lowest BCUT2D eigenvalue weighted by Crippen LogP contribution is -2.24. The van der Waals surface area contributed by atoms with Gasteiger partial charge in [0, 0.05) is 15.5 Å². The van der Waals surface area contributed by atoms with Crippen molar-refractivity contribution in [2.24, 2.45) is 0 Å². The molecule has 0 fully saturated rings. The maximum Gasteiger partial charge on any atom is 0.314 e. The molecule has 6 heteroatoms. The molecular formula is C20H19ClN2O2S. The molecule has 0 aliphatic carbocycles. The van der Waals surface area contributed by atoms with E-state index in [0.29, 0.717) is 28.6 Å². The van der Waals surface area contributed by atoms with E-state index < -0.39 is 0 Å². The maximum absolute atomic E-state index is 13.0. The molecule has 4 nitrogen and oxygen atoms in total. The van der Waals surface area contributed by atoms with Gasteiger partial charge in [0.2, 0.25) is 0 Å². The zero-order valence-electron chi connectivity index (χ0n) is 14.6. The van der Waals surface area contributed by atoms with Crippen molar-refractivity contribution in [2.45, 2.75) is 18.2 Å². The van der Waals surface area contributed by atoms with Gasteiger partial charge in [0.1, 0.15) is 0 Å². The van der Waals surface area contributed by atoms with E-state index in [1.54, 1.807) is 42.2 Å². The molecule has 0 saturated carbocycles. The summed E-state index contributed by atoms with van der Waals surface area (Å²) in [6, 6.07) is 15.0. The van der Waals surface area contributed by atoms with Crippen LogP contribution in [0.1, 0.15) is 13.3 Å². The summed E-state index contributed by atoms with van der Waals surface area (Å²) in [6.07, 6.45) is 4.50. The van der Waals surface area contributed by atoms with Crippen LogP contribution in [0.4, 0.5) is 0 Å². The van der Waals surface area contributed by atoms with Gasteiger partial charge in [-0.05, 0) is 48.6 Å². The number of aromatic nitrogens is 2. The third kappa shape index (κ3) is 3.94.